The monoisotopic (exact) mass is 536 g/mol. The van der Waals surface area contributed by atoms with Gasteiger partial charge in [0.2, 0.25) is 5.43 Å². The molecule has 1 saturated heterocycles. The smallest absolute Gasteiger partial charge is 0.250 e. The number of pyridine rings is 1. The van der Waals surface area contributed by atoms with Crippen molar-refractivity contribution in [2.75, 3.05) is 13.1 Å². The second kappa shape index (κ2) is 9.20. The molecule has 2 aromatic carbocycles. The van der Waals surface area contributed by atoms with Gasteiger partial charge in [-0.25, -0.2) is 4.98 Å². The zero-order valence-electron chi connectivity index (χ0n) is 23.0. The number of phenolic OH excluding ortho intramolecular Hbond substituents is 1. The summed E-state index contributed by atoms with van der Waals surface area (Å²) in [5.41, 5.74) is 5.02. The number of aryl methyl sites for hydroxylation is 3. The van der Waals surface area contributed by atoms with Crippen molar-refractivity contribution in [3.05, 3.63) is 91.7 Å². The number of aromatic hydroxyl groups is 1. The molecule has 0 saturated carbocycles. The van der Waals surface area contributed by atoms with Gasteiger partial charge in [0, 0.05) is 50.9 Å². The second-order valence-electron chi connectivity index (χ2n) is 11.3. The third-order valence-electron chi connectivity index (χ3n) is 8.83. The number of likely N-dealkylation sites (tertiary alicyclic amines) is 1. The first-order chi connectivity index (χ1) is 19.3. The molecule has 1 fully saturated rings. The molecule has 8 nitrogen and oxygen atoms in total. The number of fused-ring (bicyclic) bond motifs is 6. The number of piperidine rings is 1. The lowest BCUT2D eigenvalue weighted by Crippen LogP contribution is -2.46. The first-order valence-corrected chi connectivity index (χ1v) is 14.0. The van der Waals surface area contributed by atoms with E-state index in [4.69, 9.17) is 9.40 Å². The van der Waals surface area contributed by atoms with E-state index in [0.29, 0.717) is 59.1 Å². The van der Waals surface area contributed by atoms with E-state index in [1.165, 1.54) is 0 Å². The highest BCUT2D eigenvalue weighted by molar-refractivity contribution is 5.88. The van der Waals surface area contributed by atoms with Gasteiger partial charge >= 0.3 is 0 Å². The largest absolute Gasteiger partial charge is 0.507 e. The first kappa shape index (κ1) is 24.8. The van der Waals surface area contributed by atoms with Crippen LogP contribution in [-0.4, -0.2) is 37.2 Å². The summed E-state index contributed by atoms with van der Waals surface area (Å²) in [7, 11) is 1.91. The van der Waals surface area contributed by atoms with Crippen LogP contribution >= 0.6 is 0 Å². The lowest BCUT2D eigenvalue weighted by atomic mass is 9.83. The Bertz CT molecular complexity index is 1930. The van der Waals surface area contributed by atoms with E-state index in [1.54, 1.807) is 19.1 Å². The third-order valence-corrected chi connectivity index (χ3v) is 8.83. The van der Waals surface area contributed by atoms with Crippen LogP contribution in [0.4, 0.5) is 0 Å². The normalized spacial score (nSPS) is 18.9. The molecule has 5 aromatic rings. The van der Waals surface area contributed by atoms with E-state index in [9.17, 15) is 14.7 Å². The van der Waals surface area contributed by atoms with Gasteiger partial charge in [-0.3, -0.25) is 14.5 Å². The van der Waals surface area contributed by atoms with Crippen LogP contribution in [0.2, 0.25) is 0 Å². The topological polar surface area (TPSA) is 93.5 Å². The maximum atomic E-state index is 14.1. The molecule has 2 bridgehead atoms. The van der Waals surface area contributed by atoms with Crippen LogP contribution in [-0.2, 0) is 26.6 Å². The van der Waals surface area contributed by atoms with Crippen molar-refractivity contribution in [1.82, 2.24) is 19.0 Å². The molecule has 2 aliphatic heterocycles. The molecule has 204 valence electrons. The fourth-order valence-electron chi connectivity index (χ4n) is 6.95. The number of phenols is 1. The number of imidazole rings is 1. The number of nitrogens with zero attached hydrogens (tertiary/aromatic N) is 4. The molecular formula is C32H32N4O4. The molecule has 8 heteroatoms. The van der Waals surface area contributed by atoms with Crippen molar-refractivity contribution in [2.45, 2.75) is 45.7 Å². The maximum Gasteiger partial charge on any atom is 0.250 e. The van der Waals surface area contributed by atoms with Crippen LogP contribution in [0.15, 0.2) is 62.5 Å². The quantitative estimate of drug-likeness (QED) is 0.358. The highest BCUT2D eigenvalue weighted by Crippen LogP contribution is 2.39. The highest BCUT2D eigenvalue weighted by Gasteiger charge is 2.35. The summed E-state index contributed by atoms with van der Waals surface area (Å²) in [6, 6.07) is 15.1. The molecule has 5 heterocycles. The summed E-state index contributed by atoms with van der Waals surface area (Å²) in [5.74, 6) is 1.85. The summed E-state index contributed by atoms with van der Waals surface area (Å²) in [5, 5.41) is 11.8. The maximum absolute atomic E-state index is 14.1. The Morgan fingerprint density at radius 1 is 1.07 bits per heavy atom. The van der Waals surface area contributed by atoms with Crippen molar-refractivity contribution in [2.24, 2.45) is 13.0 Å². The standard InChI is InChI=1S/C32H32N4O4/c1-4-20-13-22-30(39)28(32-33-24-8-5-6-9-26(24)34(32)3)18(2)40-31(22)23(29(20)38)17-35-14-19-12-21(16-35)25-10-7-11-27(37)36(25)15-19/h5-11,13,19,21,38H,4,12,14-17H2,1-3H3/t19-,21-/m1/s1. The molecule has 0 aliphatic carbocycles. The van der Waals surface area contributed by atoms with Crippen LogP contribution in [0.5, 0.6) is 5.75 Å². The Morgan fingerprint density at radius 2 is 1.90 bits per heavy atom. The molecule has 40 heavy (non-hydrogen) atoms. The van der Waals surface area contributed by atoms with Crippen LogP contribution < -0.4 is 11.0 Å². The van der Waals surface area contributed by atoms with Crippen molar-refractivity contribution in [3.63, 3.8) is 0 Å². The average molecular weight is 537 g/mol. The Balaban J connectivity index is 1.33. The molecule has 7 rings (SSSR count). The summed E-state index contributed by atoms with van der Waals surface area (Å²) in [6.45, 7) is 6.54. The van der Waals surface area contributed by atoms with E-state index < -0.39 is 0 Å². The molecule has 1 N–H and O–H groups in total. The van der Waals surface area contributed by atoms with Gasteiger partial charge < -0.3 is 18.7 Å². The molecule has 0 spiro atoms. The minimum atomic E-state index is -0.142. The Kier molecular flexibility index (Phi) is 5.71. The highest BCUT2D eigenvalue weighted by atomic mass is 16.3. The zero-order chi connectivity index (χ0) is 27.7. The number of rotatable bonds is 4. The van der Waals surface area contributed by atoms with Crippen LogP contribution in [0, 0.1) is 12.8 Å². The van der Waals surface area contributed by atoms with E-state index >= 15 is 0 Å². The Labute approximate surface area is 231 Å². The van der Waals surface area contributed by atoms with Crippen molar-refractivity contribution >= 4 is 22.0 Å². The van der Waals surface area contributed by atoms with Gasteiger partial charge in [0.15, 0.2) is 0 Å². The number of hydrogen-bond acceptors (Lipinski definition) is 6. The Morgan fingerprint density at radius 3 is 2.70 bits per heavy atom. The number of benzene rings is 2. The second-order valence-corrected chi connectivity index (χ2v) is 11.3. The molecule has 0 unspecified atom stereocenters. The van der Waals surface area contributed by atoms with Gasteiger partial charge in [-0.2, -0.15) is 0 Å². The molecule has 2 atom stereocenters. The lowest BCUT2D eigenvalue weighted by Gasteiger charge is -2.42. The minimum Gasteiger partial charge on any atom is -0.507 e. The Hall–Kier alpha value is -4.17. The third kappa shape index (κ3) is 3.73. The molecule has 0 radical (unpaired) electrons. The zero-order valence-corrected chi connectivity index (χ0v) is 23.0. The number of hydrogen-bond donors (Lipinski definition) is 1. The molecular weight excluding hydrogens is 504 g/mol. The summed E-state index contributed by atoms with van der Waals surface area (Å²) >= 11 is 0. The molecule has 3 aromatic heterocycles. The first-order valence-electron chi connectivity index (χ1n) is 14.0. The summed E-state index contributed by atoms with van der Waals surface area (Å²) < 4.78 is 10.3. The minimum absolute atomic E-state index is 0.0635. The van der Waals surface area contributed by atoms with Gasteiger partial charge in [0.05, 0.1) is 22.0 Å². The average Bonchev–Trinajstić information content (AvgIpc) is 3.27. The fraction of sp³-hybridized carbons (Fsp3) is 0.344. The van der Waals surface area contributed by atoms with Crippen LogP contribution in [0.1, 0.15) is 41.8 Å². The van der Waals surface area contributed by atoms with Gasteiger partial charge in [-0.15, -0.1) is 0 Å². The number of para-hydroxylation sites is 2. The van der Waals surface area contributed by atoms with Crippen LogP contribution in [0.25, 0.3) is 33.4 Å². The van der Waals surface area contributed by atoms with Crippen molar-refractivity contribution in [3.8, 4) is 17.1 Å². The molecule has 0 amide bonds. The number of aromatic nitrogens is 3. The van der Waals surface area contributed by atoms with Gasteiger partial charge in [0.25, 0.3) is 5.56 Å². The van der Waals surface area contributed by atoms with E-state index in [1.807, 2.05) is 53.4 Å². The fourth-order valence-corrected chi connectivity index (χ4v) is 6.95. The van der Waals surface area contributed by atoms with E-state index in [-0.39, 0.29) is 22.7 Å². The van der Waals surface area contributed by atoms with Gasteiger partial charge in [-0.05, 0) is 55.5 Å². The van der Waals surface area contributed by atoms with Crippen LogP contribution in [0.3, 0.4) is 0 Å². The van der Waals surface area contributed by atoms with E-state index in [2.05, 4.69) is 11.0 Å². The van der Waals surface area contributed by atoms with Gasteiger partial charge in [0.1, 0.15) is 28.5 Å². The van der Waals surface area contributed by atoms with Crippen molar-refractivity contribution < 1.29 is 9.52 Å². The van der Waals surface area contributed by atoms with Crippen molar-refractivity contribution in [1.29, 1.82) is 0 Å². The van der Waals surface area contributed by atoms with Gasteiger partial charge in [-0.1, -0.05) is 25.1 Å². The summed E-state index contributed by atoms with van der Waals surface area (Å²) in [4.78, 5) is 33.7. The molecule has 2 aliphatic rings. The SMILES string of the molecule is CCc1cc2c(=O)c(-c3nc4ccccc4n3C)c(C)oc2c(CN2C[C@H]3C[C@H](C2)c2cccc(=O)n2C3)c1O. The summed E-state index contributed by atoms with van der Waals surface area (Å²) in [6.07, 6.45) is 1.64. The predicted molar refractivity (Wildman–Crippen MR) is 155 cm³/mol. The predicted octanol–water partition coefficient (Wildman–Crippen LogP) is 4.70. The lowest BCUT2D eigenvalue weighted by molar-refractivity contribution is 0.113. The van der Waals surface area contributed by atoms with E-state index in [0.717, 1.165) is 41.8 Å².